The maximum atomic E-state index is 13.0. The molecule has 0 spiro atoms. The van der Waals surface area contributed by atoms with Gasteiger partial charge in [-0.2, -0.15) is 0 Å². The maximum absolute atomic E-state index is 13.0. The molecule has 0 saturated heterocycles. The fraction of sp³-hybridized carbons (Fsp3) is 0.562. The zero-order chi connectivity index (χ0) is 15.1. The van der Waals surface area contributed by atoms with Crippen LogP contribution in [0.2, 0.25) is 0 Å². The van der Waals surface area contributed by atoms with Crippen LogP contribution in [-0.2, 0) is 9.53 Å². The lowest BCUT2D eigenvalue weighted by Gasteiger charge is -2.10. The van der Waals surface area contributed by atoms with Gasteiger partial charge in [0.2, 0.25) is 5.91 Å². The molecular formula is C16H23FN2O2. The SMILES string of the molecule is Nc1cc(NC(=O)CCCOCC2CCCC2)ccc1F. The van der Waals surface area contributed by atoms with Gasteiger partial charge in [0.05, 0.1) is 5.69 Å². The standard InChI is InChI=1S/C16H23FN2O2/c17-14-8-7-13(10-15(14)18)19-16(20)6-3-9-21-11-12-4-1-2-5-12/h7-8,10,12H,1-6,9,11,18H2,(H,19,20). The Morgan fingerprint density at radius 1 is 1.38 bits per heavy atom. The summed E-state index contributed by atoms with van der Waals surface area (Å²) in [6.45, 7) is 1.42. The number of nitrogens with two attached hydrogens (primary N) is 1. The third kappa shape index (κ3) is 5.34. The molecule has 1 aromatic rings. The Morgan fingerprint density at radius 3 is 2.86 bits per heavy atom. The molecule has 1 fully saturated rings. The number of hydrogen-bond donors (Lipinski definition) is 2. The number of benzene rings is 1. The molecule has 0 aromatic heterocycles. The van der Waals surface area contributed by atoms with Crippen molar-refractivity contribution in [3.8, 4) is 0 Å². The molecule has 1 aliphatic carbocycles. The molecule has 4 nitrogen and oxygen atoms in total. The van der Waals surface area contributed by atoms with Gasteiger partial charge < -0.3 is 15.8 Å². The summed E-state index contributed by atoms with van der Waals surface area (Å²) >= 11 is 0. The summed E-state index contributed by atoms with van der Waals surface area (Å²) < 4.78 is 18.6. The molecular weight excluding hydrogens is 271 g/mol. The smallest absolute Gasteiger partial charge is 0.224 e. The van der Waals surface area contributed by atoms with Gasteiger partial charge in [0.15, 0.2) is 0 Å². The minimum atomic E-state index is -0.478. The zero-order valence-electron chi connectivity index (χ0n) is 12.2. The van der Waals surface area contributed by atoms with Gasteiger partial charge in [-0.25, -0.2) is 4.39 Å². The average Bonchev–Trinajstić information content (AvgIpc) is 2.96. The van der Waals surface area contributed by atoms with Crippen molar-refractivity contribution in [3.05, 3.63) is 24.0 Å². The summed E-state index contributed by atoms with van der Waals surface area (Å²) in [5.74, 6) is 0.125. The molecule has 0 atom stereocenters. The lowest BCUT2D eigenvalue weighted by molar-refractivity contribution is -0.116. The predicted molar refractivity (Wildman–Crippen MR) is 81.5 cm³/mol. The Bertz CT molecular complexity index is 473. The second-order valence-electron chi connectivity index (χ2n) is 5.61. The highest BCUT2D eigenvalue weighted by molar-refractivity contribution is 5.91. The summed E-state index contributed by atoms with van der Waals surface area (Å²) in [6.07, 6.45) is 6.25. The van der Waals surface area contributed by atoms with E-state index in [-0.39, 0.29) is 11.6 Å². The Morgan fingerprint density at radius 2 is 2.14 bits per heavy atom. The number of amides is 1. The number of nitrogens with one attached hydrogen (secondary N) is 1. The minimum Gasteiger partial charge on any atom is -0.396 e. The Balaban J connectivity index is 1.59. The number of nitrogen functional groups attached to an aromatic ring is 1. The van der Waals surface area contributed by atoms with Crippen LogP contribution in [0.1, 0.15) is 38.5 Å². The molecule has 1 aromatic carbocycles. The van der Waals surface area contributed by atoms with E-state index in [2.05, 4.69) is 5.32 Å². The number of carbonyl (C=O) groups is 1. The zero-order valence-corrected chi connectivity index (χ0v) is 12.2. The fourth-order valence-corrected chi connectivity index (χ4v) is 2.61. The van der Waals surface area contributed by atoms with Gasteiger partial charge >= 0.3 is 0 Å². The summed E-state index contributed by atoms with van der Waals surface area (Å²) in [5.41, 5.74) is 6.00. The van der Waals surface area contributed by atoms with Crippen LogP contribution in [0.3, 0.4) is 0 Å². The second kappa shape index (κ2) is 7.98. The lowest BCUT2D eigenvalue weighted by Crippen LogP contribution is -2.13. The van der Waals surface area contributed by atoms with Crippen molar-refractivity contribution in [2.45, 2.75) is 38.5 Å². The van der Waals surface area contributed by atoms with Crippen LogP contribution >= 0.6 is 0 Å². The molecule has 0 radical (unpaired) electrons. The van der Waals surface area contributed by atoms with Crippen LogP contribution in [-0.4, -0.2) is 19.1 Å². The Labute approximate surface area is 124 Å². The molecule has 0 bridgehead atoms. The van der Waals surface area contributed by atoms with Crippen molar-refractivity contribution in [2.75, 3.05) is 24.3 Å². The van der Waals surface area contributed by atoms with E-state index in [0.29, 0.717) is 31.1 Å². The van der Waals surface area contributed by atoms with Gasteiger partial charge in [0, 0.05) is 25.3 Å². The van der Waals surface area contributed by atoms with Crippen molar-refractivity contribution in [3.63, 3.8) is 0 Å². The second-order valence-corrected chi connectivity index (χ2v) is 5.61. The first-order chi connectivity index (χ1) is 10.1. The fourth-order valence-electron chi connectivity index (χ4n) is 2.61. The molecule has 3 N–H and O–H groups in total. The van der Waals surface area contributed by atoms with E-state index < -0.39 is 5.82 Å². The number of rotatable bonds is 7. The Hall–Kier alpha value is -1.62. The van der Waals surface area contributed by atoms with Crippen LogP contribution in [0, 0.1) is 11.7 Å². The molecule has 1 amide bonds. The van der Waals surface area contributed by atoms with E-state index >= 15 is 0 Å². The van der Waals surface area contributed by atoms with Crippen LogP contribution < -0.4 is 11.1 Å². The van der Waals surface area contributed by atoms with Gasteiger partial charge in [-0.1, -0.05) is 12.8 Å². The van der Waals surface area contributed by atoms with Crippen LogP contribution in [0.15, 0.2) is 18.2 Å². The molecule has 116 valence electrons. The van der Waals surface area contributed by atoms with Gasteiger partial charge in [0.1, 0.15) is 5.82 Å². The maximum Gasteiger partial charge on any atom is 0.224 e. The first-order valence-electron chi connectivity index (χ1n) is 7.58. The first kappa shape index (κ1) is 15.8. The van der Waals surface area contributed by atoms with Crippen molar-refractivity contribution < 1.29 is 13.9 Å². The third-order valence-corrected chi connectivity index (χ3v) is 3.80. The van der Waals surface area contributed by atoms with Crippen molar-refractivity contribution >= 4 is 17.3 Å². The van der Waals surface area contributed by atoms with Crippen LogP contribution in [0.5, 0.6) is 0 Å². The van der Waals surface area contributed by atoms with E-state index in [4.69, 9.17) is 10.5 Å². The van der Waals surface area contributed by atoms with E-state index in [0.717, 1.165) is 6.61 Å². The lowest BCUT2D eigenvalue weighted by atomic mass is 10.1. The monoisotopic (exact) mass is 294 g/mol. The highest BCUT2D eigenvalue weighted by Crippen LogP contribution is 2.24. The molecule has 21 heavy (non-hydrogen) atoms. The number of hydrogen-bond acceptors (Lipinski definition) is 3. The summed E-state index contributed by atoms with van der Waals surface area (Å²) in [7, 11) is 0. The molecule has 5 heteroatoms. The van der Waals surface area contributed by atoms with E-state index in [1.165, 1.54) is 43.9 Å². The molecule has 0 aliphatic heterocycles. The third-order valence-electron chi connectivity index (χ3n) is 3.80. The number of carbonyl (C=O) groups excluding carboxylic acids is 1. The van der Waals surface area contributed by atoms with Crippen molar-refractivity contribution in [1.82, 2.24) is 0 Å². The van der Waals surface area contributed by atoms with Crippen LogP contribution in [0.4, 0.5) is 15.8 Å². The molecule has 1 aliphatic rings. The first-order valence-corrected chi connectivity index (χ1v) is 7.58. The topological polar surface area (TPSA) is 64.3 Å². The van der Waals surface area contributed by atoms with Gasteiger partial charge in [-0.3, -0.25) is 4.79 Å². The minimum absolute atomic E-state index is 0.0349. The van der Waals surface area contributed by atoms with E-state index in [9.17, 15) is 9.18 Å². The summed E-state index contributed by atoms with van der Waals surface area (Å²) in [6, 6.07) is 4.17. The Kier molecular flexibility index (Phi) is 5.99. The highest BCUT2D eigenvalue weighted by atomic mass is 19.1. The molecule has 1 saturated carbocycles. The number of anilines is 2. The van der Waals surface area contributed by atoms with Gasteiger partial charge in [0.25, 0.3) is 0 Å². The van der Waals surface area contributed by atoms with E-state index in [1.54, 1.807) is 0 Å². The summed E-state index contributed by atoms with van der Waals surface area (Å²) in [4.78, 5) is 11.7. The quantitative estimate of drug-likeness (QED) is 0.599. The normalized spacial score (nSPS) is 15.3. The number of halogens is 1. The number of ether oxygens (including phenoxy) is 1. The van der Waals surface area contributed by atoms with E-state index in [1.807, 2.05) is 0 Å². The van der Waals surface area contributed by atoms with Gasteiger partial charge in [-0.15, -0.1) is 0 Å². The molecule has 0 heterocycles. The molecule has 2 rings (SSSR count). The largest absolute Gasteiger partial charge is 0.396 e. The predicted octanol–water partition coefficient (Wildman–Crippen LogP) is 3.33. The summed E-state index contributed by atoms with van der Waals surface area (Å²) in [5, 5.41) is 2.70. The average molecular weight is 294 g/mol. The van der Waals surface area contributed by atoms with Crippen molar-refractivity contribution in [1.29, 1.82) is 0 Å². The van der Waals surface area contributed by atoms with Gasteiger partial charge in [-0.05, 0) is 43.4 Å². The molecule has 0 unspecified atom stereocenters. The highest BCUT2D eigenvalue weighted by Gasteiger charge is 2.14. The van der Waals surface area contributed by atoms with Crippen LogP contribution in [0.25, 0.3) is 0 Å². The van der Waals surface area contributed by atoms with Crippen molar-refractivity contribution in [2.24, 2.45) is 5.92 Å².